The molecule has 2 aromatic carbocycles. The Bertz CT molecular complexity index is 1540. The summed E-state index contributed by atoms with van der Waals surface area (Å²) in [6.07, 6.45) is 3.94. The number of carbonyl (C=O) groups excluding carboxylic acids is 4. The molecular formula is C38H47N3O7. The smallest absolute Gasteiger partial charge is 0.313 e. The van der Waals surface area contributed by atoms with E-state index in [1.165, 1.54) is 4.90 Å². The number of rotatable bonds is 15. The molecule has 7 atom stereocenters. The van der Waals surface area contributed by atoms with Gasteiger partial charge in [-0.25, -0.2) is 0 Å². The van der Waals surface area contributed by atoms with Crippen molar-refractivity contribution in [1.82, 2.24) is 10.2 Å². The zero-order chi connectivity index (χ0) is 34.6. The van der Waals surface area contributed by atoms with Crippen molar-refractivity contribution in [1.29, 1.82) is 0 Å². The van der Waals surface area contributed by atoms with Crippen LogP contribution in [0.15, 0.2) is 73.8 Å². The van der Waals surface area contributed by atoms with Gasteiger partial charge in [0.1, 0.15) is 17.7 Å². The van der Waals surface area contributed by atoms with Crippen LogP contribution in [-0.4, -0.2) is 77.2 Å². The van der Waals surface area contributed by atoms with Crippen molar-refractivity contribution in [2.75, 3.05) is 24.6 Å². The highest BCUT2D eigenvalue weighted by Crippen LogP contribution is 2.59. The molecule has 1 spiro atoms. The van der Waals surface area contributed by atoms with Crippen LogP contribution in [0.4, 0.5) is 5.69 Å². The molecule has 256 valence electrons. The Morgan fingerprint density at radius 3 is 2.58 bits per heavy atom. The number of ether oxygens (including phenoxy) is 2. The number of hydrogen-bond acceptors (Lipinski definition) is 7. The number of allylic oxidation sites excluding steroid dienone is 1. The van der Waals surface area contributed by atoms with Gasteiger partial charge in [0, 0.05) is 18.7 Å². The first-order chi connectivity index (χ1) is 23.1. The molecule has 3 saturated heterocycles. The third kappa shape index (κ3) is 6.43. The molecule has 0 radical (unpaired) electrons. The van der Waals surface area contributed by atoms with E-state index in [0.29, 0.717) is 36.9 Å². The van der Waals surface area contributed by atoms with Crippen LogP contribution in [-0.2, 0) is 28.7 Å². The third-order valence-corrected chi connectivity index (χ3v) is 10.0. The van der Waals surface area contributed by atoms with Crippen LogP contribution in [0.2, 0.25) is 0 Å². The van der Waals surface area contributed by atoms with Gasteiger partial charge in [-0.2, -0.15) is 0 Å². The van der Waals surface area contributed by atoms with E-state index in [1.54, 1.807) is 17.1 Å². The van der Waals surface area contributed by atoms with E-state index < -0.39 is 53.6 Å². The lowest BCUT2D eigenvalue weighted by atomic mass is 9.70. The number of hydrogen-bond donors (Lipinski definition) is 2. The van der Waals surface area contributed by atoms with Crippen molar-refractivity contribution in [3.05, 3.63) is 90.5 Å². The number of aliphatic hydroxyl groups is 1. The van der Waals surface area contributed by atoms with Gasteiger partial charge in [-0.05, 0) is 62.3 Å². The highest BCUT2D eigenvalue weighted by molar-refractivity contribution is 6.05. The van der Waals surface area contributed by atoms with Crippen molar-refractivity contribution in [2.45, 2.75) is 82.8 Å². The highest BCUT2D eigenvalue weighted by Gasteiger charge is 2.75. The second kappa shape index (κ2) is 14.9. The van der Waals surface area contributed by atoms with Crippen molar-refractivity contribution >= 4 is 29.4 Å². The van der Waals surface area contributed by atoms with Gasteiger partial charge in [0.25, 0.3) is 5.91 Å². The molecule has 3 aliphatic heterocycles. The quantitative estimate of drug-likeness (QED) is 0.216. The summed E-state index contributed by atoms with van der Waals surface area (Å²) in [5, 5.41) is 13.3. The molecule has 10 nitrogen and oxygen atoms in total. The number of benzene rings is 2. The summed E-state index contributed by atoms with van der Waals surface area (Å²) in [6.45, 7) is 13.2. The van der Waals surface area contributed by atoms with Gasteiger partial charge in [-0.15, -0.1) is 13.2 Å². The van der Waals surface area contributed by atoms with Crippen molar-refractivity contribution in [2.24, 2.45) is 11.8 Å². The first kappa shape index (κ1) is 35.0. The summed E-state index contributed by atoms with van der Waals surface area (Å²) in [4.78, 5) is 59.1. The van der Waals surface area contributed by atoms with Crippen LogP contribution in [0.5, 0.6) is 0 Å². The molecule has 2 bridgehead atoms. The number of esters is 1. The average Bonchev–Trinajstić information content (AvgIpc) is 3.74. The number of carbonyl (C=O) groups is 4. The topological polar surface area (TPSA) is 125 Å². The largest absolute Gasteiger partial charge is 0.455 e. The summed E-state index contributed by atoms with van der Waals surface area (Å²) in [6, 6.07) is 13.3. The minimum atomic E-state index is -1.27. The summed E-state index contributed by atoms with van der Waals surface area (Å²) in [7, 11) is 0. The maximum absolute atomic E-state index is 14.8. The number of nitrogens with one attached hydrogen (secondary N) is 1. The Morgan fingerprint density at radius 1 is 1.17 bits per heavy atom. The van der Waals surface area contributed by atoms with E-state index in [9.17, 15) is 24.3 Å². The summed E-state index contributed by atoms with van der Waals surface area (Å²) < 4.78 is 12.8. The van der Waals surface area contributed by atoms with Gasteiger partial charge in [0.05, 0.1) is 37.1 Å². The Hall–Kier alpha value is -4.28. The number of likely N-dealkylation sites (tertiary alicyclic amines) is 1. The molecule has 2 aromatic rings. The van der Waals surface area contributed by atoms with Crippen molar-refractivity contribution < 1.29 is 33.8 Å². The molecular weight excluding hydrogens is 610 g/mol. The number of aliphatic hydroxyl groups excluding tert-OH is 1. The highest BCUT2D eigenvalue weighted by atomic mass is 16.6. The zero-order valence-electron chi connectivity index (χ0n) is 28.1. The first-order valence-corrected chi connectivity index (χ1v) is 16.8. The van der Waals surface area contributed by atoms with E-state index >= 15 is 0 Å². The SMILES string of the molecule is C=CCCC(=O)NC[C@H](OC(=O)[C@@H]1[C@H]2C(=O)N([C@@H](CC)CO)[C@H](C(=O)N(CC=C)c3cc(C)ccc3C)[C@]23CC[C@H]1O3)c1ccccc1. The molecule has 48 heavy (non-hydrogen) atoms. The normalized spacial score (nSPS) is 25.2. The molecule has 0 unspecified atom stereocenters. The number of nitrogens with zero attached hydrogens (tertiary/aromatic N) is 2. The fourth-order valence-electron chi connectivity index (χ4n) is 7.68. The predicted octanol–water partition coefficient (Wildman–Crippen LogP) is 4.33. The van der Waals surface area contributed by atoms with Gasteiger partial charge in [0.15, 0.2) is 0 Å². The second-order valence-corrected chi connectivity index (χ2v) is 13.0. The van der Waals surface area contributed by atoms with Crippen LogP contribution in [0.3, 0.4) is 0 Å². The molecule has 3 aliphatic rings. The van der Waals surface area contributed by atoms with Gasteiger partial charge in [0.2, 0.25) is 11.8 Å². The monoisotopic (exact) mass is 657 g/mol. The fourth-order valence-corrected chi connectivity index (χ4v) is 7.68. The molecule has 2 N–H and O–H groups in total. The second-order valence-electron chi connectivity index (χ2n) is 13.0. The Morgan fingerprint density at radius 2 is 1.92 bits per heavy atom. The van der Waals surface area contributed by atoms with Gasteiger partial charge < -0.3 is 29.7 Å². The van der Waals surface area contributed by atoms with E-state index in [2.05, 4.69) is 18.5 Å². The standard InChI is InChI=1S/C38H47N3O7/c1-6-9-15-31(43)39-22-30(26-13-11-10-12-14-26)47-37(46)32-29-18-19-38(48-29)33(32)35(44)41(27(8-3)23-42)34(38)36(45)40(20-7-2)28-21-24(4)16-17-25(28)5/h6-7,10-14,16-17,21,27,29-30,32-34,42H,1-2,8-9,15,18-20,22-23H2,3-5H3,(H,39,43)/t27-,29+,30-,32-,33-,34+,38-/m0/s1. The predicted molar refractivity (Wildman–Crippen MR) is 182 cm³/mol. The van der Waals surface area contributed by atoms with Crippen LogP contribution >= 0.6 is 0 Å². The van der Waals surface area contributed by atoms with Gasteiger partial charge in [-0.3, -0.25) is 19.2 Å². The minimum absolute atomic E-state index is 0.0513. The molecule has 0 aromatic heterocycles. The van der Waals surface area contributed by atoms with Crippen LogP contribution in [0, 0.1) is 25.7 Å². The zero-order valence-corrected chi connectivity index (χ0v) is 28.1. The first-order valence-electron chi connectivity index (χ1n) is 16.8. The summed E-state index contributed by atoms with van der Waals surface area (Å²) in [5.41, 5.74) is 1.98. The third-order valence-electron chi connectivity index (χ3n) is 10.0. The van der Waals surface area contributed by atoms with E-state index in [1.807, 2.05) is 69.3 Å². The Balaban J connectivity index is 1.49. The van der Waals surface area contributed by atoms with Gasteiger partial charge in [-0.1, -0.05) is 61.5 Å². The molecule has 10 heteroatoms. The average molecular weight is 658 g/mol. The maximum Gasteiger partial charge on any atom is 0.313 e. The number of anilines is 1. The maximum atomic E-state index is 14.8. The molecule has 0 aliphatic carbocycles. The Kier molecular flexibility index (Phi) is 10.9. The number of fused-ring (bicyclic) bond motifs is 1. The van der Waals surface area contributed by atoms with Gasteiger partial charge >= 0.3 is 5.97 Å². The van der Waals surface area contributed by atoms with E-state index in [-0.39, 0.29) is 37.9 Å². The molecule has 3 fully saturated rings. The van der Waals surface area contributed by atoms with Crippen molar-refractivity contribution in [3.63, 3.8) is 0 Å². The lowest BCUT2D eigenvalue weighted by Gasteiger charge is -2.39. The lowest BCUT2D eigenvalue weighted by Crippen LogP contribution is -2.59. The fraction of sp³-hybridized carbons (Fsp3) is 0.474. The number of aryl methyl sites for hydroxylation is 2. The summed E-state index contributed by atoms with van der Waals surface area (Å²) in [5.74, 6) is -3.48. The van der Waals surface area contributed by atoms with Crippen molar-refractivity contribution in [3.8, 4) is 0 Å². The van der Waals surface area contributed by atoms with Crippen LogP contribution in [0.1, 0.15) is 61.8 Å². The molecule has 3 heterocycles. The van der Waals surface area contributed by atoms with Crippen LogP contribution in [0.25, 0.3) is 0 Å². The lowest BCUT2D eigenvalue weighted by molar-refractivity contribution is -0.161. The summed E-state index contributed by atoms with van der Waals surface area (Å²) >= 11 is 0. The molecule has 5 rings (SSSR count). The van der Waals surface area contributed by atoms with Crippen LogP contribution < -0.4 is 10.2 Å². The minimum Gasteiger partial charge on any atom is -0.455 e. The molecule has 0 saturated carbocycles. The Labute approximate surface area is 282 Å². The molecule has 3 amide bonds. The van der Waals surface area contributed by atoms with E-state index in [4.69, 9.17) is 9.47 Å². The number of amides is 3. The van der Waals surface area contributed by atoms with E-state index in [0.717, 1.165) is 11.1 Å².